The van der Waals surface area contributed by atoms with Gasteiger partial charge in [0.2, 0.25) is 0 Å². The molecule has 0 aromatic rings. The number of aliphatic hydroxyl groups excluding tert-OH is 5. The molecule has 4 fully saturated rings. The molecule has 18 atom stereocenters. The van der Waals surface area contributed by atoms with Crippen molar-refractivity contribution in [3.8, 4) is 6.07 Å². The molecule has 0 radical (unpaired) electrons. The Morgan fingerprint density at radius 3 is 2.12 bits per heavy atom. The molecule has 3 saturated heterocycles. The fourth-order valence-corrected chi connectivity index (χ4v) is 6.46. The zero-order chi connectivity index (χ0) is 30.9. The number of aliphatic hydroxyl groups is 5. The quantitative estimate of drug-likeness (QED) is 0.116. The van der Waals surface area contributed by atoms with Crippen LogP contribution in [0.3, 0.4) is 0 Å². The minimum atomic E-state index is -1.53. The number of nitrogens with two attached hydrogens (primary N) is 6. The van der Waals surface area contributed by atoms with Gasteiger partial charge >= 0.3 is 0 Å². The largest absolute Gasteiger partial charge is 0.394 e. The Morgan fingerprint density at radius 2 is 1.48 bits per heavy atom. The minimum Gasteiger partial charge on any atom is -0.394 e. The first kappa shape index (κ1) is 33.7. The van der Waals surface area contributed by atoms with Gasteiger partial charge in [-0.3, -0.25) is 0 Å². The molecular formula is C25H47N7O10. The molecule has 1 saturated carbocycles. The second-order valence-electron chi connectivity index (χ2n) is 11.8. The van der Waals surface area contributed by atoms with Crippen molar-refractivity contribution < 1.29 is 49.2 Å². The van der Waals surface area contributed by atoms with Crippen LogP contribution in [0.1, 0.15) is 25.7 Å². The Bertz CT molecular complexity index is 919. The van der Waals surface area contributed by atoms with E-state index >= 15 is 0 Å². The van der Waals surface area contributed by atoms with Gasteiger partial charge in [-0.05, 0) is 19.3 Å². The molecule has 0 spiro atoms. The molecular weight excluding hydrogens is 558 g/mol. The van der Waals surface area contributed by atoms with Crippen LogP contribution >= 0.6 is 0 Å². The molecule has 4 rings (SSSR count). The van der Waals surface area contributed by atoms with Crippen LogP contribution in [-0.4, -0.2) is 143 Å². The van der Waals surface area contributed by atoms with Gasteiger partial charge < -0.3 is 83.6 Å². The van der Waals surface area contributed by atoms with Gasteiger partial charge in [-0.25, -0.2) is 0 Å². The molecule has 17 N–H and O–H groups in total. The number of rotatable bonds is 9. The predicted molar refractivity (Wildman–Crippen MR) is 143 cm³/mol. The zero-order valence-electron chi connectivity index (χ0n) is 23.3. The van der Waals surface area contributed by atoms with Crippen LogP contribution in [0, 0.1) is 17.2 Å². The summed E-state index contributed by atoms with van der Waals surface area (Å²) in [5, 5.41) is 61.9. The summed E-state index contributed by atoms with van der Waals surface area (Å²) in [5.41, 5.74) is 37.0. The Labute approximate surface area is 243 Å². The summed E-state index contributed by atoms with van der Waals surface area (Å²) in [6.45, 7) is -0.738. The molecule has 242 valence electrons. The Hall–Kier alpha value is -1.15. The Kier molecular flexibility index (Phi) is 11.5. The topological polar surface area (TPSA) is 327 Å². The van der Waals surface area contributed by atoms with Crippen LogP contribution in [-0.2, 0) is 23.7 Å². The highest BCUT2D eigenvalue weighted by molar-refractivity contribution is 5.05. The maximum Gasteiger partial charge on any atom is 0.187 e. The lowest BCUT2D eigenvalue weighted by molar-refractivity contribution is -0.280. The maximum atomic E-state index is 11.2. The van der Waals surface area contributed by atoms with Crippen molar-refractivity contribution in [2.45, 2.75) is 130 Å². The number of nitriles is 1. The third kappa shape index (κ3) is 6.74. The first-order valence-electron chi connectivity index (χ1n) is 14.4. The molecule has 17 nitrogen and oxygen atoms in total. The minimum absolute atomic E-state index is 0.0825. The van der Waals surface area contributed by atoms with Crippen molar-refractivity contribution in [2.75, 3.05) is 13.2 Å². The normalized spacial score (nSPS) is 50.8. The Morgan fingerprint density at radius 1 is 0.810 bits per heavy atom. The van der Waals surface area contributed by atoms with Crippen LogP contribution in [0.5, 0.6) is 0 Å². The summed E-state index contributed by atoms with van der Waals surface area (Å²) in [6.07, 6.45) is -12.6. The van der Waals surface area contributed by atoms with Crippen molar-refractivity contribution >= 4 is 0 Å². The third-order valence-electron chi connectivity index (χ3n) is 8.95. The monoisotopic (exact) mass is 605 g/mol. The van der Waals surface area contributed by atoms with Gasteiger partial charge in [0.1, 0.15) is 36.6 Å². The van der Waals surface area contributed by atoms with Gasteiger partial charge in [0, 0.05) is 36.6 Å². The van der Waals surface area contributed by atoms with E-state index in [2.05, 4.69) is 0 Å². The molecule has 3 aliphatic heterocycles. The highest BCUT2D eigenvalue weighted by Gasteiger charge is 2.55. The summed E-state index contributed by atoms with van der Waals surface area (Å²) in [5.74, 6) is -0.702. The van der Waals surface area contributed by atoms with E-state index in [1.807, 2.05) is 6.07 Å². The van der Waals surface area contributed by atoms with Crippen LogP contribution in [0.4, 0.5) is 0 Å². The second kappa shape index (κ2) is 14.3. The van der Waals surface area contributed by atoms with Crippen molar-refractivity contribution in [2.24, 2.45) is 40.3 Å². The van der Waals surface area contributed by atoms with Crippen LogP contribution in [0.15, 0.2) is 0 Å². The summed E-state index contributed by atoms with van der Waals surface area (Å²) in [6, 6.07) is -1.60. The van der Waals surface area contributed by atoms with Crippen molar-refractivity contribution in [1.29, 1.82) is 5.26 Å². The van der Waals surface area contributed by atoms with Gasteiger partial charge in [-0.1, -0.05) is 0 Å². The van der Waals surface area contributed by atoms with Gasteiger partial charge in [0.25, 0.3) is 0 Å². The molecule has 0 bridgehead atoms. The SMILES string of the molecule is N#CC[C@H](N)[C@@H]1CC[C@@H](N)C([C@H]2[C@H](O[C@@H]3O[C@H](CO)[C@@H](O[C@H]4O[C@@H](CN)[C@@H](O)[C@H](O)[C@H]4N)[C@H]3O)[C@@H](O)[C@H](N)C[C@@H]2N)O1. The third-order valence-corrected chi connectivity index (χ3v) is 8.95. The van der Waals surface area contributed by atoms with E-state index in [1.165, 1.54) is 0 Å². The molecule has 0 aromatic carbocycles. The smallest absolute Gasteiger partial charge is 0.187 e. The fraction of sp³-hybridized carbons (Fsp3) is 0.960. The highest BCUT2D eigenvalue weighted by Crippen LogP contribution is 2.38. The molecule has 1 aliphatic carbocycles. The van der Waals surface area contributed by atoms with Crippen LogP contribution in [0.25, 0.3) is 0 Å². The van der Waals surface area contributed by atoms with Crippen molar-refractivity contribution in [1.82, 2.24) is 0 Å². The van der Waals surface area contributed by atoms with Gasteiger partial charge in [0.05, 0.1) is 49.6 Å². The van der Waals surface area contributed by atoms with Crippen LogP contribution < -0.4 is 34.4 Å². The Balaban J connectivity index is 1.52. The zero-order valence-corrected chi connectivity index (χ0v) is 23.3. The van der Waals surface area contributed by atoms with E-state index in [-0.39, 0.29) is 19.4 Å². The van der Waals surface area contributed by atoms with E-state index in [0.29, 0.717) is 12.8 Å². The lowest BCUT2D eigenvalue weighted by Crippen LogP contribution is -2.67. The summed E-state index contributed by atoms with van der Waals surface area (Å²) < 4.78 is 29.7. The summed E-state index contributed by atoms with van der Waals surface area (Å²) >= 11 is 0. The van der Waals surface area contributed by atoms with E-state index in [0.717, 1.165) is 0 Å². The van der Waals surface area contributed by atoms with Gasteiger partial charge in [-0.2, -0.15) is 5.26 Å². The standard InChI is InChI=1S/C25H47N7O10/c26-4-3-8(28)12-2-1-9(29)21(38-12)15-10(30)5-11(31)17(34)23(15)42-25-20(37)22(14(7-33)40-25)41-24-16(32)19(36)18(35)13(6-27)39-24/h8-25,33-37H,1-3,5-7,27-32H2/t8-,9+,10-,11+,12-,13-,14+,15-,16+,17-,18+,19+,20+,21?,22+,23-,24+,25-/m0/s1. The summed E-state index contributed by atoms with van der Waals surface area (Å²) in [7, 11) is 0. The first-order chi connectivity index (χ1) is 19.9. The average Bonchev–Trinajstić information content (AvgIpc) is 3.26. The van der Waals surface area contributed by atoms with E-state index in [9.17, 15) is 25.5 Å². The van der Waals surface area contributed by atoms with Crippen LogP contribution in [0.2, 0.25) is 0 Å². The molecule has 4 aliphatic rings. The predicted octanol–water partition coefficient (Wildman–Crippen LogP) is -6.28. The van der Waals surface area contributed by atoms with E-state index in [1.54, 1.807) is 0 Å². The van der Waals surface area contributed by atoms with Crippen molar-refractivity contribution in [3.63, 3.8) is 0 Å². The fourth-order valence-electron chi connectivity index (χ4n) is 6.46. The highest BCUT2D eigenvalue weighted by atomic mass is 16.7. The van der Waals surface area contributed by atoms with E-state index < -0.39 is 116 Å². The lowest BCUT2D eigenvalue weighted by atomic mass is 9.72. The molecule has 0 amide bonds. The first-order valence-corrected chi connectivity index (χ1v) is 14.4. The molecule has 42 heavy (non-hydrogen) atoms. The number of hydrogen-bond donors (Lipinski definition) is 11. The van der Waals surface area contributed by atoms with Crippen molar-refractivity contribution in [3.05, 3.63) is 0 Å². The number of ether oxygens (including phenoxy) is 5. The second-order valence-corrected chi connectivity index (χ2v) is 11.8. The molecule has 1 unspecified atom stereocenters. The molecule has 3 heterocycles. The maximum absolute atomic E-state index is 11.2. The molecule has 17 heteroatoms. The summed E-state index contributed by atoms with van der Waals surface area (Å²) in [4.78, 5) is 0. The molecule has 0 aromatic heterocycles. The lowest BCUT2D eigenvalue weighted by Gasteiger charge is -2.50. The number of nitrogens with zero attached hydrogens (tertiary/aromatic N) is 1. The van der Waals surface area contributed by atoms with Gasteiger partial charge in [-0.15, -0.1) is 0 Å². The van der Waals surface area contributed by atoms with Gasteiger partial charge in [0.15, 0.2) is 12.6 Å². The van der Waals surface area contributed by atoms with E-state index in [4.69, 9.17) is 63.3 Å². The number of hydrogen-bond acceptors (Lipinski definition) is 17. The average molecular weight is 606 g/mol.